The summed E-state index contributed by atoms with van der Waals surface area (Å²) in [7, 11) is 0. The SMILES string of the molecule is CCOC(=O)N1CCCC(C(=O)CN)CC1. The molecule has 0 aromatic carbocycles. The number of hydrogen-bond acceptors (Lipinski definition) is 4. The number of Topliss-reactive ketones (excluding diaryl/α,β-unsaturated/α-hetero) is 1. The molecule has 92 valence electrons. The highest BCUT2D eigenvalue weighted by atomic mass is 16.6. The first kappa shape index (κ1) is 13.0. The molecule has 0 saturated carbocycles. The van der Waals surface area contributed by atoms with Crippen molar-refractivity contribution in [2.24, 2.45) is 11.7 Å². The Morgan fingerprint density at radius 3 is 2.75 bits per heavy atom. The fourth-order valence-electron chi connectivity index (χ4n) is 1.98. The molecule has 1 unspecified atom stereocenters. The number of carbonyl (C=O) groups is 2. The van der Waals surface area contributed by atoms with Crippen LogP contribution in [0.1, 0.15) is 26.2 Å². The van der Waals surface area contributed by atoms with Gasteiger partial charge in [-0.15, -0.1) is 0 Å². The van der Waals surface area contributed by atoms with E-state index in [1.54, 1.807) is 11.8 Å². The van der Waals surface area contributed by atoms with E-state index in [2.05, 4.69) is 0 Å². The minimum atomic E-state index is -0.275. The number of nitrogens with zero attached hydrogens (tertiary/aromatic N) is 1. The Bertz CT molecular complexity index is 256. The van der Waals surface area contributed by atoms with Gasteiger partial charge in [0.1, 0.15) is 5.78 Å². The molecule has 0 spiro atoms. The standard InChI is InChI=1S/C11H20N2O3/c1-2-16-11(15)13-6-3-4-9(5-7-13)10(14)8-12/h9H,2-8,12H2,1H3. The molecule has 1 atom stereocenters. The van der Waals surface area contributed by atoms with Crippen molar-refractivity contribution in [1.29, 1.82) is 0 Å². The van der Waals surface area contributed by atoms with Crippen LogP contribution in [0.4, 0.5) is 4.79 Å². The zero-order chi connectivity index (χ0) is 12.0. The largest absolute Gasteiger partial charge is 0.450 e. The third-order valence-electron chi connectivity index (χ3n) is 2.91. The molecular weight excluding hydrogens is 208 g/mol. The number of carbonyl (C=O) groups excluding carboxylic acids is 2. The molecule has 2 N–H and O–H groups in total. The summed E-state index contributed by atoms with van der Waals surface area (Å²) in [4.78, 5) is 24.6. The number of ether oxygens (including phenoxy) is 1. The molecule has 0 aromatic heterocycles. The number of hydrogen-bond donors (Lipinski definition) is 1. The number of amides is 1. The van der Waals surface area contributed by atoms with Crippen LogP contribution in [0.25, 0.3) is 0 Å². The molecule has 1 aliphatic heterocycles. The summed E-state index contributed by atoms with van der Waals surface area (Å²) in [6.45, 7) is 3.55. The maximum absolute atomic E-state index is 11.5. The molecule has 1 fully saturated rings. The first-order valence-corrected chi connectivity index (χ1v) is 5.83. The highest BCUT2D eigenvalue weighted by molar-refractivity contribution is 5.82. The maximum atomic E-state index is 11.5. The first-order chi connectivity index (χ1) is 7.69. The first-order valence-electron chi connectivity index (χ1n) is 5.83. The van der Waals surface area contributed by atoms with Crippen molar-refractivity contribution in [3.63, 3.8) is 0 Å². The molecule has 1 saturated heterocycles. The second-order valence-corrected chi connectivity index (χ2v) is 3.98. The van der Waals surface area contributed by atoms with Crippen LogP contribution in [0.3, 0.4) is 0 Å². The van der Waals surface area contributed by atoms with E-state index in [0.29, 0.717) is 26.1 Å². The number of likely N-dealkylation sites (tertiary alicyclic amines) is 1. The predicted molar refractivity (Wildman–Crippen MR) is 60.0 cm³/mol. The van der Waals surface area contributed by atoms with E-state index in [9.17, 15) is 9.59 Å². The average molecular weight is 228 g/mol. The molecule has 0 bridgehead atoms. The van der Waals surface area contributed by atoms with Gasteiger partial charge in [-0.3, -0.25) is 4.79 Å². The highest BCUT2D eigenvalue weighted by Crippen LogP contribution is 2.18. The van der Waals surface area contributed by atoms with Gasteiger partial charge in [0, 0.05) is 19.0 Å². The van der Waals surface area contributed by atoms with E-state index in [0.717, 1.165) is 12.8 Å². The van der Waals surface area contributed by atoms with Crippen molar-refractivity contribution in [3.8, 4) is 0 Å². The van der Waals surface area contributed by atoms with Crippen molar-refractivity contribution in [2.75, 3.05) is 26.2 Å². The van der Waals surface area contributed by atoms with Gasteiger partial charge in [-0.1, -0.05) is 0 Å². The summed E-state index contributed by atoms with van der Waals surface area (Å²) in [5.74, 6) is 0.120. The molecule has 5 nitrogen and oxygen atoms in total. The maximum Gasteiger partial charge on any atom is 0.409 e. The van der Waals surface area contributed by atoms with Crippen LogP contribution in [0, 0.1) is 5.92 Å². The minimum absolute atomic E-state index is 0.0180. The van der Waals surface area contributed by atoms with E-state index in [4.69, 9.17) is 10.5 Å². The Morgan fingerprint density at radius 1 is 1.38 bits per heavy atom. The van der Waals surface area contributed by atoms with Crippen LogP contribution in [0.2, 0.25) is 0 Å². The molecule has 5 heteroatoms. The van der Waals surface area contributed by atoms with Crippen LogP contribution < -0.4 is 5.73 Å². The molecular formula is C11H20N2O3. The van der Waals surface area contributed by atoms with Gasteiger partial charge in [0.05, 0.1) is 13.2 Å². The summed E-state index contributed by atoms with van der Waals surface area (Å²) < 4.78 is 4.94. The van der Waals surface area contributed by atoms with Gasteiger partial charge in [-0.2, -0.15) is 0 Å². The number of nitrogens with two attached hydrogens (primary N) is 1. The van der Waals surface area contributed by atoms with Crippen LogP contribution >= 0.6 is 0 Å². The van der Waals surface area contributed by atoms with Crippen molar-refractivity contribution in [3.05, 3.63) is 0 Å². The van der Waals surface area contributed by atoms with Crippen molar-refractivity contribution >= 4 is 11.9 Å². The molecule has 0 radical (unpaired) electrons. The van der Waals surface area contributed by atoms with E-state index < -0.39 is 0 Å². The van der Waals surface area contributed by atoms with Crippen LogP contribution in [-0.4, -0.2) is 43.0 Å². The van der Waals surface area contributed by atoms with Gasteiger partial charge < -0.3 is 15.4 Å². The Morgan fingerprint density at radius 2 is 2.12 bits per heavy atom. The third kappa shape index (κ3) is 3.48. The molecule has 1 heterocycles. The highest BCUT2D eigenvalue weighted by Gasteiger charge is 2.24. The number of ketones is 1. The van der Waals surface area contributed by atoms with Crippen LogP contribution in [-0.2, 0) is 9.53 Å². The van der Waals surface area contributed by atoms with Gasteiger partial charge in [-0.05, 0) is 26.2 Å². The molecule has 0 aliphatic carbocycles. The summed E-state index contributed by atoms with van der Waals surface area (Å²) in [5, 5.41) is 0. The Labute approximate surface area is 95.9 Å². The topological polar surface area (TPSA) is 72.6 Å². The van der Waals surface area contributed by atoms with Crippen molar-refractivity contribution in [2.45, 2.75) is 26.2 Å². The quantitative estimate of drug-likeness (QED) is 0.774. The fourth-order valence-corrected chi connectivity index (χ4v) is 1.98. The lowest BCUT2D eigenvalue weighted by atomic mass is 9.96. The zero-order valence-electron chi connectivity index (χ0n) is 9.78. The minimum Gasteiger partial charge on any atom is -0.450 e. The van der Waals surface area contributed by atoms with Gasteiger partial charge in [0.2, 0.25) is 0 Å². The smallest absolute Gasteiger partial charge is 0.409 e. The summed E-state index contributed by atoms with van der Waals surface area (Å²) >= 11 is 0. The average Bonchev–Trinajstić information content (AvgIpc) is 2.53. The Hall–Kier alpha value is -1.10. The van der Waals surface area contributed by atoms with E-state index in [1.165, 1.54) is 0 Å². The number of rotatable bonds is 3. The molecule has 0 aromatic rings. The summed E-state index contributed by atoms with van der Waals surface area (Å²) in [6, 6.07) is 0. The summed E-state index contributed by atoms with van der Waals surface area (Å²) in [5.41, 5.74) is 5.34. The van der Waals surface area contributed by atoms with Crippen LogP contribution in [0.5, 0.6) is 0 Å². The lowest BCUT2D eigenvalue weighted by molar-refractivity contribution is -0.121. The fraction of sp³-hybridized carbons (Fsp3) is 0.818. The third-order valence-corrected chi connectivity index (χ3v) is 2.91. The van der Waals surface area contributed by atoms with Gasteiger partial charge in [0.25, 0.3) is 0 Å². The second kappa shape index (κ2) is 6.48. The van der Waals surface area contributed by atoms with Crippen molar-refractivity contribution < 1.29 is 14.3 Å². The van der Waals surface area contributed by atoms with E-state index >= 15 is 0 Å². The Balaban J connectivity index is 2.46. The Kier molecular flexibility index (Phi) is 5.25. The lowest BCUT2D eigenvalue weighted by Gasteiger charge is -2.19. The van der Waals surface area contributed by atoms with Crippen LogP contribution in [0.15, 0.2) is 0 Å². The predicted octanol–water partition coefficient (Wildman–Crippen LogP) is 0.773. The lowest BCUT2D eigenvalue weighted by Crippen LogP contribution is -2.33. The van der Waals surface area contributed by atoms with E-state index in [-0.39, 0.29) is 24.3 Å². The second-order valence-electron chi connectivity index (χ2n) is 3.98. The molecule has 16 heavy (non-hydrogen) atoms. The molecule has 1 rings (SSSR count). The normalized spacial score (nSPS) is 21.4. The monoisotopic (exact) mass is 228 g/mol. The van der Waals surface area contributed by atoms with Gasteiger partial charge in [0.15, 0.2) is 0 Å². The van der Waals surface area contributed by atoms with Gasteiger partial charge >= 0.3 is 6.09 Å². The van der Waals surface area contributed by atoms with Crippen molar-refractivity contribution in [1.82, 2.24) is 4.90 Å². The van der Waals surface area contributed by atoms with Gasteiger partial charge in [-0.25, -0.2) is 4.79 Å². The summed E-state index contributed by atoms with van der Waals surface area (Å²) in [6.07, 6.45) is 2.10. The molecule has 1 amide bonds. The zero-order valence-corrected chi connectivity index (χ0v) is 9.78. The van der Waals surface area contributed by atoms with E-state index in [1.807, 2.05) is 0 Å². The molecule has 1 aliphatic rings.